The molecule has 0 saturated heterocycles. The number of carbonyl (C=O) groups is 1. The van der Waals surface area contributed by atoms with Gasteiger partial charge in [-0.1, -0.05) is 0 Å². The molecule has 0 radical (unpaired) electrons. The minimum absolute atomic E-state index is 0.292. The van der Waals surface area contributed by atoms with Gasteiger partial charge in [0.15, 0.2) is 0 Å². The maximum Gasteiger partial charge on any atom is 0.340 e. The van der Waals surface area contributed by atoms with Crippen LogP contribution in [0.3, 0.4) is 0 Å². The molecule has 1 aromatic heterocycles. The van der Waals surface area contributed by atoms with E-state index in [1.165, 1.54) is 0 Å². The van der Waals surface area contributed by atoms with Crippen molar-refractivity contribution in [2.75, 3.05) is 20.3 Å². The fourth-order valence-electron chi connectivity index (χ4n) is 0.969. The number of aromatic nitrogens is 1. The van der Waals surface area contributed by atoms with Crippen molar-refractivity contribution < 1.29 is 14.3 Å². The third kappa shape index (κ3) is 2.59. The Morgan fingerprint density at radius 3 is 2.85 bits per heavy atom. The Labute approximate surface area is 76.9 Å². The van der Waals surface area contributed by atoms with Crippen LogP contribution in [-0.2, 0) is 9.47 Å². The molecule has 0 aromatic carbocycles. The van der Waals surface area contributed by atoms with Gasteiger partial charge in [0.1, 0.15) is 6.61 Å². The van der Waals surface area contributed by atoms with Crippen molar-refractivity contribution in [2.24, 2.45) is 0 Å². The first-order valence-electron chi connectivity index (χ1n) is 4.05. The summed E-state index contributed by atoms with van der Waals surface area (Å²) in [6, 6.07) is 1.70. The van der Waals surface area contributed by atoms with Gasteiger partial charge in [-0.3, -0.25) is 0 Å². The number of hydrogen-bond acceptors (Lipinski definition) is 3. The molecule has 0 aliphatic carbocycles. The number of rotatable bonds is 4. The number of H-pyrrole nitrogens is 1. The summed E-state index contributed by atoms with van der Waals surface area (Å²) in [4.78, 5) is 14.2. The van der Waals surface area contributed by atoms with Crippen molar-refractivity contribution >= 4 is 5.97 Å². The van der Waals surface area contributed by atoms with Gasteiger partial charge in [0.05, 0.1) is 12.2 Å². The van der Waals surface area contributed by atoms with Crippen molar-refractivity contribution in [3.63, 3.8) is 0 Å². The van der Waals surface area contributed by atoms with Gasteiger partial charge in [-0.05, 0) is 13.0 Å². The Morgan fingerprint density at radius 2 is 2.31 bits per heavy atom. The molecular weight excluding hydrogens is 170 g/mol. The van der Waals surface area contributed by atoms with E-state index in [4.69, 9.17) is 9.47 Å². The highest BCUT2D eigenvalue weighted by Gasteiger charge is 2.09. The van der Waals surface area contributed by atoms with Crippen molar-refractivity contribution in [3.05, 3.63) is 23.5 Å². The van der Waals surface area contributed by atoms with Gasteiger partial charge >= 0.3 is 5.97 Å². The maximum absolute atomic E-state index is 11.3. The summed E-state index contributed by atoms with van der Waals surface area (Å²) in [6.07, 6.45) is 1.71. The molecule has 13 heavy (non-hydrogen) atoms. The lowest BCUT2D eigenvalue weighted by Gasteiger charge is -2.02. The molecule has 0 atom stereocenters. The number of methoxy groups -OCH3 is 1. The summed E-state index contributed by atoms with van der Waals surface area (Å²) in [6.45, 7) is 2.54. The van der Waals surface area contributed by atoms with Crippen molar-refractivity contribution in [1.82, 2.24) is 4.98 Å². The molecule has 0 fully saturated rings. The second kappa shape index (κ2) is 4.67. The van der Waals surface area contributed by atoms with Crippen molar-refractivity contribution in [1.29, 1.82) is 0 Å². The fourth-order valence-corrected chi connectivity index (χ4v) is 0.969. The number of hydrogen-bond donors (Lipinski definition) is 1. The van der Waals surface area contributed by atoms with E-state index in [2.05, 4.69) is 4.98 Å². The van der Waals surface area contributed by atoms with E-state index in [1.807, 2.05) is 6.92 Å². The molecule has 0 amide bonds. The van der Waals surface area contributed by atoms with Crippen LogP contribution in [0, 0.1) is 6.92 Å². The normalized spacial score (nSPS) is 10.0. The SMILES string of the molecule is COCCOC(=O)c1cc[nH]c1C. The largest absolute Gasteiger partial charge is 0.460 e. The van der Waals surface area contributed by atoms with Crippen LogP contribution in [0.4, 0.5) is 0 Å². The van der Waals surface area contributed by atoms with Crippen LogP contribution >= 0.6 is 0 Å². The fraction of sp³-hybridized carbons (Fsp3) is 0.444. The number of carbonyl (C=O) groups excluding carboxylic acids is 1. The molecule has 4 nitrogen and oxygen atoms in total. The summed E-state index contributed by atoms with van der Waals surface area (Å²) < 4.78 is 9.68. The highest BCUT2D eigenvalue weighted by molar-refractivity contribution is 5.90. The van der Waals surface area contributed by atoms with E-state index in [0.29, 0.717) is 18.8 Å². The first-order valence-corrected chi connectivity index (χ1v) is 4.05. The van der Waals surface area contributed by atoms with Gasteiger partial charge in [0, 0.05) is 19.0 Å². The third-order valence-electron chi connectivity index (χ3n) is 1.69. The summed E-state index contributed by atoms with van der Waals surface area (Å²) in [5.41, 5.74) is 1.40. The van der Waals surface area contributed by atoms with E-state index < -0.39 is 0 Å². The Kier molecular flexibility index (Phi) is 3.52. The second-order valence-corrected chi connectivity index (χ2v) is 2.65. The zero-order valence-corrected chi connectivity index (χ0v) is 7.79. The first-order chi connectivity index (χ1) is 6.25. The number of nitrogens with one attached hydrogen (secondary N) is 1. The minimum atomic E-state index is -0.309. The van der Waals surface area contributed by atoms with Crippen molar-refractivity contribution in [2.45, 2.75) is 6.92 Å². The van der Waals surface area contributed by atoms with Gasteiger partial charge in [-0.2, -0.15) is 0 Å². The van der Waals surface area contributed by atoms with E-state index in [0.717, 1.165) is 5.69 Å². The van der Waals surface area contributed by atoms with Crippen molar-refractivity contribution in [3.8, 4) is 0 Å². The highest BCUT2D eigenvalue weighted by atomic mass is 16.6. The summed E-state index contributed by atoms with van der Waals surface area (Å²) in [5.74, 6) is -0.309. The van der Waals surface area contributed by atoms with Crippen LogP contribution in [0.15, 0.2) is 12.3 Å². The van der Waals surface area contributed by atoms with Gasteiger partial charge in [0.2, 0.25) is 0 Å². The number of esters is 1. The maximum atomic E-state index is 11.3. The lowest BCUT2D eigenvalue weighted by Crippen LogP contribution is -2.10. The Bertz CT molecular complexity index is 280. The lowest BCUT2D eigenvalue weighted by molar-refractivity contribution is 0.0387. The molecule has 0 saturated carbocycles. The zero-order valence-electron chi connectivity index (χ0n) is 7.79. The molecule has 0 aliphatic heterocycles. The van der Waals surface area contributed by atoms with E-state index in [9.17, 15) is 4.79 Å². The quantitative estimate of drug-likeness (QED) is 0.562. The zero-order chi connectivity index (χ0) is 9.68. The average Bonchev–Trinajstić information content (AvgIpc) is 2.52. The minimum Gasteiger partial charge on any atom is -0.460 e. The summed E-state index contributed by atoms with van der Waals surface area (Å²) >= 11 is 0. The van der Waals surface area contributed by atoms with E-state index in [1.54, 1.807) is 19.4 Å². The molecule has 0 bridgehead atoms. The molecule has 1 heterocycles. The average molecular weight is 183 g/mol. The van der Waals surface area contributed by atoms with Crippen LogP contribution in [0.25, 0.3) is 0 Å². The predicted molar refractivity (Wildman–Crippen MR) is 47.7 cm³/mol. The molecule has 1 rings (SSSR count). The molecule has 0 unspecified atom stereocenters. The van der Waals surface area contributed by atoms with Crippen LogP contribution in [0.2, 0.25) is 0 Å². The Hall–Kier alpha value is -1.29. The Morgan fingerprint density at radius 1 is 1.54 bits per heavy atom. The smallest absolute Gasteiger partial charge is 0.340 e. The standard InChI is InChI=1S/C9H13NO3/c1-7-8(3-4-10-7)9(11)13-6-5-12-2/h3-4,10H,5-6H2,1-2H3. The summed E-state index contributed by atoms with van der Waals surface area (Å²) in [7, 11) is 1.56. The van der Waals surface area contributed by atoms with Crippen LogP contribution in [0.5, 0.6) is 0 Å². The summed E-state index contributed by atoms with van der Waals surface area (Å²) in [5, 5.41) is 0. The van der Waals surface area contributed by atoms with Gasteiger partial charge in [-0.25, -0.2) is 4.79 Å². The topological polar surface area (TPSA) is 51.3 Å². The predicted octanol–water partition coefficient (Wildman–Crippen LogP) is 1.13. The van der Waals surface area contributed by atoms with E-state index in [-0.39, 0.29) is 5.97 Å². The van der Waals surface area contributed by atoms with Gasteiger partial charge in [0.25, 0.3) is 0 Å². The van der Waals surface area contributed by atoms with Gasteiger partial charge < -0.3 is 14.5 Å². The van der Waals surface area contributed by atoms with Crippen LogP contribution < -0.4 is 0 Å². The molecule has 1 aromatic rings. The molecule has 1 N–H and O–H groups in total. The molecular formula is C9H13NO3. The number of aryl methyl sites for hydroxylation is 1. The van der Waals surface area contributed by atoms with Crippen LogP contribution in [0.1, 0.15) is 16.1 Å². The molecule has 0 spiro atoms. The molecule has 4 heteroatoms. The molecule has 72 valence electrons. The highest BCUT2D eigenvalue weighted by Crippen LogP contribution is 2.06. The van der Waals surface area contributed by atoms with Gasteiger partial charge in [-0.15, -0.1) is 0 Å². The number of aromatic amines is 1. The molecule has 0 aliphatic rings. The third-order valence-corrected chi connectivity index (χ3v) is 1.69. The monoisotopic (exact) mass is 183 g/mol. The van der Waals surface area contributed by atoms with E-state index >= 15 is 0 Å². The number of ether oxygens (including phenoxy) is 2. The van der Waals surface area contributed by atoms with Crippen LogP contribution in [-0.4, -0.2) is 31.3 Å². The lowest BCUT2D eigenvalue weighted by atomic mass is 10.3. The first kappa shape index (κ1) is 9.80. The second-order valence-electron chi connectivity index (χ2n) is 2.65. The Balaban J connectivity index is 2.45.